The van der Waals surface area contributed by atoms with Crippen LogP contribution in [0.4, 0.5) is 0 Å². The molecule has 0 aliphatic carbocycles. The van der Waals surface area contributed by atoms with Crippen LogP contribution in [0.3, 0.4) is 0 Å². The molecule has 0 aliphatic rings. The van der Waals surface area contributed by atoms with Gasteiger partial charge in [0.15, 0.2) is 0 Å². The van der Waals surface area contributed by atoms with Crippen LogP contribution in [0.15, 0.2) is 59.3 Å². The van der Waals surface area contributed by atoms with Crippen molar-refractivity contribution in [2.24, 2.45) is 0 Å². The van der Waals surface area contributed by atoms with E-state index in [1.54, 1.807) is 16.2 Å². The number of nitrogens with zero attached hydrogens (tertiary/aromatic N) is 2. The van der Waals surface area contributed by atoms with Gasteiger partial charge in [0, 0.05) is 18.0 Å². The minimum atomic E-state index is -0.0567. The Hall–Kier alpha value is -2.44. The fourth-order valence-electron chi connectivity index (χ4n) is 3.20. The third-order valence-corrected chi connectivity index (χ3v) is 6.86. The van der Waals surface area contributed by atoms with Gasteiger partial charge in [0.1, 0.15) is 6.54 Å². The topological polar surface area (TPSA) is 40.6 Å². The number of thiophene rings is 2. The molecule has 2 heterocycles. The van der Waals surface area contributed by atoms with Gasteiger partial charge in [-0.15, -0.1) is 22.7 Å². The number of rotatable bonds is 10. The van der Waals surface area contributed by atoms with Gasteiger partial charge in [-0.2, -0.15) is 0 Å². The summed E-state index contributed by atoms with van der Waals surface area (Å²) in [4.78, 5) is 31.8. The number of carbonyl (C=O) groups excluding carboxylic acids is 2. The van der Waals surface area contributed by atoms with Crippen molar-refractivity contribution in [1.82, 2.24) is 9.80 Å². The van der Waals surface area contributed by atoms with Crippen LogP contribution in [0.25, 0.3) is 0 Å². The molecule has 2 amide bonds. The zero-order chi connectivity index (χ0) is 21.3. The largest absolute Gasteiger partial charge is 0.332 e. The second kappa shape index (κ2) is 11.1. The molecule has 6 heteroatoms. The quantitative estimate of drug-likeness (QED) is 0.412. The summed E-state index contributed by atoms with van der Waals surface area (Å²) in [6, 6.07) is 15.8. The molecule has 1 aromatic carbocycles. The highest BCUT2D eigenvalue weighted by Gasteiger charge is 2.23. The molecule has 4 nitrogen and oxygen atoms in total. The standard InChI is InChI=1S/C24H28N2O2S2/c1-3-4-13-25(24(28)21-11-8-14-29-21)18-23(27)26(16-20-9-6-5-7-10-20)17-22-19(2)12-15-30-22/h5-12,14-15H,3-4,13,16-18H2,1-2H3. The highest BCUT2D eigenvalue weighted by molar-refractivity contribution is 7.12. The van der Waals surface area contributed by atoms with Gasteiger partial charge in [-0.3, -0.25) is 9.59 Å². The Labute approximate surface area is 186 Å². The first-order valence-corrected chi connectivity index (χ1v) is 12.0. The molecule has 3 aromatic rings. The van der Waals surface area contributed by atoms with Crippen molar-refractivity contribution >= 4 is 34.5 Å². The lowest BCUT2D eigenvalue weighted by Crippen LogP contribution is -2.42. The number of hydrogen-bond acceptors (Lipinski definition) is 4. The van der Waals surface area contributed by atoms with Crippen molar-refractivity contribution in [2.45, 2.75) is 39.8 Å². The van der Waals surface area contributed by atoms with E-state index in [2.05, 4.69) is 25.3 Å². The zero-order valence-corrected chi connectivity index (χ0v) is 19.2. The summed E-state index contributed by atoms with van der Waals surface area (Å²) in [7, 11) is 0. The molecule has 0 spiro atoms. The lowest BCUT2D eigenvalue weighted by atomic mass is 10.2. The second-order valence-electron chi connectivity index (χ2n) is 7.32. The van der Waals surface area contributed by atoms with Crippen molar-refractivity contribution in [3.05, 3.63) is 80.2 Å². The summed E-state index contributed by atoms with van der Waals surface area (Å²) in [6.45, 7) is 5.96. The summed E-state index contributed by atoms with van der Waals surface area (Å²) >= 11 is 3.09. The number of amides is 2. The number of aryl methyl sites for hydroxylation is 1. The molecule has 30 heavy (non-hydrogen) atoms. The third-order valence-electron chi connectivity index (χ3n) is 5.00. The molecule has 0 atom stereocenters. The van der Waals surface area contributed by atoms with E-state index in [-0.39, 0.29) is 18.4 Å². The summed E-state index contributed by atoms with van der Waals surface area (Å²) in [5.41, 5.74) is 2.29. The lowest BCUT2D eigenvalue weighted by Gasteiger charge is -2.27. The Bertz CT molecular complexity index is 935. The maximum absolute atomic E-state index is 13.4. The lowest BCUT2D eigenvalue weighted by molar-refractivity contribution is -0.133. The Kier molecular flexibility index (Phi) is 8.22. The Morgan fingerprint density at radius 2 is 1.70 bits per heavy atom. The Balaban J connectivity index is 1.78. The molecule has 0 saturated heterocycles. The average Bonchev–Trinajstić information content (AvgIpc) is 3.43. The van der Waals surface area contributed by atoms with Crippen LogP contribution >= 0.6 is 22.7 Å². The van der Waals surface area contributed by atoms with E-state index in [1.165, 1.54) is 21.8 Å². The zero-order valence-electron chi connectivity index (χ0n) is 17.5. The van der Waals surface area contributed by atoms with Crippen LogP contribution in [0.5, 0.6) is 0 Å². The van der Waals surface area contributed by atoms with Crippen LogP contribution in [0.1, 0.15) is 45.4 Å². The van der Waals surface area contributed by atoms with Gasteiger partial charge >= 0.3 is 0 Å². The fraction of sp³-hybridized carbons (Fsp3) is 0.333. The van der Waals surface area contributed by atoms with Crippen molar-refractivity contribution in [2.75, 3.05) is 13.1 Å². The molecule has 3 rings (SSSR count). The van der Waals surface area contributed by atoms with E-state index >= 15 is 0 Å². The number of benzene rings is 1. The summed E-state index contributed by atoms with van der Waals surface area (Å²) in [5.74, 6) is -0.0774. The van der Waals surface area contributed by atoms with Gasteiger partial charge in [0.05, 0.1) is 11.4 Å². The molecule has 0 N–H and O–H groups in total. The van der Waals surface area contributed by atoms with Gasteiger partial charge < -0.3 is 9.80 Å². The fourth-order valence-corrected chi connectivity index (χ4v) is 4.81. The van der Waals surface area contributed by atoms with Gasteiger partial charge in [0.25, 0.3) is 5.91 Å². The van der Waals surface area contributed by atoms with Crippen LogP contribution in [0.2, 0.25) is 0 Å². The van der Waals surface area contributed by atoms with E-state index in [4.69, 9.17) is 0 Å². The minimum absolute atomic E-state index is 0.0207. The number of hydrogen-bond donors (Lipinski definition) is 0. The van der Waals surface area contributed by atoms with Gasteiger partial charge in [-0.05, 0) is 47.4 Å². The summed E-state index contributed by atoms with van der Waals surface area (Å²) < 4.78 is 0. The number of unbranched alkanes of at least 4 members (excludes halogenated alkanes) is 1. The highest BCUT2D eigenvalue weighted by atomic mass is 32.1. The molecule has 0 saturated carbocycles. The summed E-state index contributed by atoms with van der Waals surface area (Å²) in [5, 5.41) is 3.96. The first kappa shape index (κ1) is 22.2. The van der Waals surface area contributed by atoms with Crippen molar-refractivity contribution in [3.63, 3.8) is 0 Å². The maximum atomic E-state index is 13.4. The van der Waals surface area contributed by atoms with E-state index < -0.39 is 0 Å². The average molecular weight is 441 g/mol. The molecule has 0 bridgehead atoms. The first-order chi connectivity index (χ1) is 14.6. The monoisotopic (exact) mass is 440 g/mol. The molecule has 2 aromatic heterocycles. The van der Waals surface area contributed by atoms with Gasteiger partial charge in [-0.1, -0.05) is 49.7 Å². The molecule has 0 fully saturated rings. The van der Waals surface area contributed by atoms with Crippen molar-refractivity contribution in [3.8, 4) is 0 Å². The third kappa shape index (κ3) is 6.03. The smallest absolute Gasteiger partial charge is 0.264 e. The highest BCUT2D eigenvalue weighted by Crippen LogP contribution is 2.20. The number of carbonyl (C=O) groups is 2. The maximum Gasteiger partial charge on any atom is 0.264 e. The molecular weight excluding hydrogens is 412 g/mol. The van der Waals surface area contributed by atoms with Gasteiger partial charge in [0.2, 0.25) is 5.91 Å². The molecule has 0 aliphatic heterocycles. The Morgan fingerprint density at radius 1 is 0.900 bits per heavy atom. The second-order valence-corrected chi connectivity index (χ2v) is 9.27. The SMILES string of the molecule is CCCCN(CC(=O)N(Cc1ccccc1)Cc1sccc1C)C(=O)c1cccs1. The molecule has 158 valence electrons. The van der Waals surface area contributed by atoms with E-state index in [0.29, 0.717) is 24.5 Å². The van der Waals surface area contributed by atoms with Crippen LogP contribution in [0, 0.1) is 6.92 Å². The van der Waals surface area contributed by atoms with Crippen LogP contribution in [-0.4, -0.2) is 34.7 Å². The van der Waals surface area contributed by atoms with Crippen LogP contribution in [-0.2, 0) is 17.9 Å². The van der Waals surface area contributed by atoms with Crippen molar-refractivity contribution < 1.29 is 9.59 Å². The minimum Gasteiger partial charge on any atom is -0.332 e. The van der Waals surface area contributed by atoms with Crippen molar-refractivity contribution in [1.29, 1.82) is 0 Å². The van der Waals surface area contributed by atoms with E-state index in [9.17, 15) is 9.59 Å². The molecule has 0 unspecified atom stereocenters. The molecular formula is C24H28N2O2S2. The summed E-state index contributed by atoms with van der Waals surface area (Å²) in [6.07, 6.45) is 1.86. The Morgan fingerprint density at radius 3 is 2.33 bits per heavy atom. The normalized spacial score (nSPS) is 10.7. The first-order valence-electron chi connectivity index (χ1n) is 10.3. The van der Waals surface area contributed by atoms with E-state index in [1.807, 2.05) is 52.7 Å². The van der Waals surface area contributed by atoms with Gasteiger partial charge in [-0.25, -0.2) is 0 Å². The predicted molar refractivity (Wildman–Crippen MR) is 125 cm³/mol. The van der Waals surface area contributed by atoms with Crippen LogP contribution < -0.4 is 0 Å². The molecule has 0 radical (unpaired) electrons. The predicted octanol–water partition coefficient (Wildman–Crippen LogP) is 5.59. The van der Waals surface area contributed by atoms with E-state index in [0.717, 1.165) is 18.4 Å².